The summed E-state index contributed by atoms with van der Waals surface area (Å²) in [5, 5.41) is 2.82. The molecule has 2 aromatic heterocycles. The second kappa shape index (κ2) is 8.82. The fourth-order valence-electron chi connectivity index (χ4n) is 4.07. The molecule has 2 aliphatic rings. The summed E-state index contributed by atoms with van der Waals surface area (Å²) < 4.78 is 1.85. The number of carbonyl (C=O) groups is 1. The lowest BCUT2D eigenvalue weighted by Gasteiger charge is -2.30. The predicted molar refractivity (Wildman–Crippen MR) is 114 cm³/mol. The Balaban J connectivity index is 1.52. The molecule has 0 saturated carbocycles. The number of hydrogen-bond acceptors (Lipinski definition) is 5. The van der Waals surface area contributed by atoms with Gasteiger partial charge in [-0.05, 0) is 55.9 Å². The van der Waals surface area contributed by atoms with Crippen molar-refractivity contribution < 1.29 is 4.79 Å². The highest BCUT2D eigenvalue weighted by molar-refractivity contribution is 7.99. The highest BCUT2D eigenvalue weighted by atomic mass is 32.2. The van der Waals surface area contributed by atoms with Gasteiger partial charge in [-0.3, -0.25) is 9.36 Å². The number of amides is 1. The van der Waals surface area contributed by atoms with E-state index in [2.05, 4.69) is 18.0 Å². The molecular weight excluding hydrogens is 390 g/mol. The molecular formula is C21H27N3O2S2. The number of hydrogen-bond donors (Lipinski definition) is 0. The average Bonchev–Trinajstić information content (AvgIpc) is 3.22. The minimum absolute atomic E-state index is 0.172. The predicted octanol–water partition coefficient (Wildman–Crippen LogP) is 3.58. The van der Waals surface area contributed by atoms with Crippen LogP contribution in [0.1, 0.15) is 48.7 Å². The van der Waals surface area contributed by atoms with E-state index >= 15 is 0 Å². The van der Waals surface area contributed by atoms with E-state index in [0.717, 1.165) is 62.3 Å². The van der Waals surface area contributed by atoms with Gasteiger partial charge in [0.25, 0.3) is 0 Å². The standard InChI is InChI=1S/C21H27N3O2S2/c1-15-8-10-23(11-9-15)19(25)14-28-20-17-6-2-3-7-18(17)24(21(26)22-20)13-16-5-4-12-27-16/h4-5,12,15H,2-3,6-11,13-14H2,1H3. The second-order valence-electron chi connectivity index (χ2n) is 7.85. The van der Waals surface area contributed by atoms with E-state index in [1.807, 2.05) is 20.9 Å². The fourth-order valence-corrected chi connectivity index (χ4v) is 5.74. The van der Waals surface area contributed by atoms with Crippen LogP contribution in [0.2, 0.25) is 0 Å². The molecule has 0 unspecified atom stereocenters. The quantitative estimate of drug-likeness (QED) is 0.551. The molecule has 0 N–H and O–H groups in total. The largest absolute Gasteiger partial charge is 0.349 e. The molecule has 1 saturated heterocycles. The SMILES string of the molecule is CC1CCN(C(=O)CSc2nc(=O)n(Cc3cccs3)c3c2CCCC3)CC1. The van der Waals surface area contributed by atoms with Gasteiger partial charge < -0.3 is 4.90 Å². The Kier molecular flexibility index (Phi) is 6.21. The molecule has 5 nitrogen and oxygen atoms in total. The smallest absolute Gasteiger partial charge is 0.342 e. The van der Waals surface area contributed by atoms with Crippen molar-refractivity contribution in [1.29, 1.82) is 0 Å². The van der Waals surface area contributed by atoms with Crippen molar-refractivity contribution in [2.45, 2.75) is 57.0 Å². The first-order valence-electron chi connectivity index (χ1n) is 10.2. The number of thiophene rings is 1. The monoisotopic (exact) mass is 417 g/mol. The van der Waals surface area contributed by atoms with E-state index < -0.39 is 0 Å². The highest BCUT2D eigenvalue weighted by Gasteiger charge is 2.24. The Bertz CT molecular complexity index is 884. The maximum atomic E-state index is 12.8. The number of piperidine rings is 1. The molecule has 1 fully saturated rings. The van der Waals surface area contributed by atoms with Gasteiger partial charge in [-0.15, -0.1) is 11.3 Å². The van der Waals surface area contributed by atoms with Crippen LogP contribution in [0, 0.1) is 5.92 Å². The molecule has 150 valence electrons. The van der Waals surface area contributed by atoms with Gasteiger partial charge in [0, 0.05) is 29.2 Å². The van der Waals surface area contributed by atoms with E-state index in [4.69, 9.17) is 0 Å². The topological polar surface area (TPSA) is 55.2 Å². The van der Waals surface area contributed by atoms with Gasteiger partial charge in [0.15, 0.2) is 0 Å². The zero-order valence-corrected chi connectivity index (χ0v) is 18.0. The van der Waals surface area contributed by atoms with Crippen molar-refractivity contribution in [3.63, 3.8) is 0 Å². The molecule has 2 aromatic rings. The average molecular weight is 418 g/mol. The maximum Gasteiger partial charge on any atom is 0.349 e. The number of rotatable bonds is 5. The van der Waals surface area contributed by atoms with Crippen LogP contribution >= 0.6 is 23.1 Å². The Morgan fingerprint density at radius 3 is 2.82 bits per heavy atom. The second-order valence-corrected chi connectivity index (χ2v) is 9.85. The molecule has 3 heterocycles. The van der Waals surface area contributed by atoms with Crippen molar-refractivity contribution >= 4 is 29.0 Å². The van der Waals surface area contributed by atoms with Crippen molar-refractivity contribution in [1.82, 2.24) is 14.5 Å². The van der Waals surface area contributed by atoms with Gasteiger partial charge >= 0.3 is 5.69 Å². The summed E-state index contributed by atoms with van der Waals surface area (Å²) in [6.07, 6.45) is 6.27. The first-order valence-corrected chi connectivity index (χ1v) is 12.0. The molecule has 0 radical (unpaired) electrons. The van der Waals surface area contributed by atoms with E-state index in [9.17, 15) is 9.59 Å². The van der Waals surface area contributed by atoms with E-state index in [0.29, 0.717) is 18.2 Å². The van der Waals surface area contributed by atoms with Crippen LogP contribution in [0.3, 0.4) is 0 Å². The fraction of sp³-hybridized carbons (Fsp3) is 0.571. The van der Waals surface area contributed by atoms with Crippen molar-refractivity contribution in [3.8, 4) is 0 Å². The number of thioether (sulfide) groups is 1. The number of nitrogens with zero attached hydrogens (tertiary/aromatic N) is 3. The lowest BCUT2D eigenvalue weighted by Crippen LogP contribution is -2.39. The Labute approximate surface area is 174 Å². The van der Waals surface area contributed by atoms with Gasteiger partial charge in [0.2, 0.25) is 5.91 Å². The summed E-state index contributed by atoms with van der Waals surface area (Å²) in [6, 6.07) is 4.08. The summed E-state index contributed by atoms with van der Waals surface area (Å²) in [5.74, 6) is 1.26. The molecule has 4 rings (SSSR count). The summed E-state index contributed by atoms with van der Waals surface area (Å²) in [7, 11) is 0. The number of aromatic nitrogens is 2. The van der Waals surface area contributed by atoms with Crippen LogP contribution < -0.4 is 5.69 Å². The third-order valence-corrected chi connectivity index (χ3v) is 7.68. The summed E-state index contributed by atoms with van der Waals surface area (Å²) in [5.41, 5.74) is 2.13. The first-order chi connectivity index (χ1) is 13.6. The van der Waals surface area contributed by atoms with Crippen LogP contribution in [0.25, 0.3) is 0 Å². The zero-order valence-electron chi connectivity index (χ0n) is 16.4. The summed E-state index contributed by atoms with van der Waals surface area (Å²) in [6.45, 7) is 4.56. The molecule has 1 aliphatic heterocycles. The van der Waals surface area contributed by atoms with Gasteiger partial charge in [0.05, 0.1) is 12.3 Å². The molecule has 28 heavy (non-hydrogen) atoms. The Morgan fingerprint density at radius 2 is 2.07 bits per heavy atom. The number of carbonyl (C=O) groups excluding carboxylic acids is 1. The van der Waals surface area contributed by atoms with Crippen LogP contribution in [0.4, 0.5) is 0 Å². The minimum Gasteiger partial charge on any atom is -0.342 e. The normalized spacial score (nSPS) is 17.5. The van der Waals surface area contributed by atoms with Crippen molar-refractivity contribution in [3.05, 3.63) is 44.1 Å². The third kappa shape index (κ3) is 4.35. The molecule has 7 heteroatoms. The number of fused-ring (bicyclic) bond motifs is 1. The van der Waals surface area contributed by atoms with Gasteiger partial charge in [-0.2, -0.15) is 4.98 Å². The molecule has 1 amide bonds. The van der Waals surface area contributed by atoms with E-state index in [-0.39, 0.29) is 11.6 Å². The minimum atomic E-state index is -0.184. The zero-order chi connectivity index (χ0) is 19.5. The lowest BCUT2D eigenvalue weighted by molar-refractivity contribution is -0.129. The first kappa shape index (κ1) is 19.7. The Morgan fingerprint density at radius 1 is 1.29 bits per heavy atom. The van der Waals surface area contributed by atoms with Crippen molar-refractivity contribution in [2.24, 2.45) is 5.92 Å². The molecule has 0 spiro atoms. The van der Waals surface area contributed by atoms with Crippen molar-refractivity contribution in [2.75, 3.05) is 18.8 Å². The highest BCUT2D eigenvalue weighted by Crippen LogP contribution is 2.29. The van der Waals surface area contributed by atoms with Gasteiger partial charge in [0.1, 0.15) is 5.03 Å². The summed E-state index contributed by atoms with van der Waals surface area (Å²) in [4.78, 5) is 32.9. The number of likely N-dealkylation sites (tertiary alicyclic amines) is 1. The van der Waals surface area contributed by atoms with E-state index in [1.54, 1.807) is 11.3 Å². The van der Waals surface area contributed by atoms with E-state index in [1.165, 1.54) is 22.2 Å². The molecule has 0 bridgehead atoms. The van der Waals surface area contributed by atoms with Crippen LogP contribution in [0.15, 0.2) is 27.3 Å². The molecule has 0 aromatic carbocycles. The molecule has 0 atom stereocenters. The van der Waals surface area contributed by atoms with Crippen LogP contribution in [-0.4, -0.2) is 39.2 Å². The van der Waals surface area contributed by atoms with Gasteiger partial charge in [-0.25, -0.2) is 4.79 Å². The van der Waals surface area contributed by atoms with Gasteiger partial charge in [-0.1, -0.05) is 24.8 Å². The van der Waals surface area contributed by atoms with Crippen LogP contribution in [-0.2, 0) is 24.2 Å². The lowest BCUT2D eigenvalue weighted by atomic mass is 9.97. The maximum absolute atomic E-state index is 12.8. The summed E-state index contributed by atoms with van der Waals surface area (Å²) >= 11 is 3.12. The van der Waals surface area contributed by atoms with Crippen LogP contribution in [0.5, 0.6) is 0 Å². The Hall–Kier alpha value is -1.60. The third-order valence-electron chi connectivity index (χ3n) is 5.81. The molecule has 1 aliphatic carbocycles.